The van der Waals surface area contributed by atoms with Crippen molar-refractivity contribution in [3.8, 4) is 0 Å². The topological polar surface area (TPSA) is 12.4 Å². The van der Waals surface area contributed by atoms with Gasteiger partial charge in [0.25, 0.3) is 0 Å². The van der Waals surface area contributed by atoms with Crippen LogP contribution in [0.3, 0.4) is 0 Å². The lowest BCUT2D eigenvalue weighted by Gasteiger charge is -2.22. The van der Waals surface area contributed by atoms with Gasteiger partial charge in [-0.1, -0.05) is 29.8 Å². The van der Waals surface area contributed by atoms with Gasteiger partial charge in [0.05, 0.1) is 6.04 Å². The molecule has 0 saturated carbocycles. The Hall–Kier alpha value is -0.630. The molecule has 0 bridgehead atoms. The zero-order chi connectivity index (χ0) is 11.0. The number of nitrogens with zero attached hydrogens (tertiary/aromatic N) is 1. The van der Waals surface area contributed by atoms with Crippen LogP contribution < -0.4 is 0 Å². The minimum absolute atomic E-state index is 0.451. The molecule has 1 heterocycles. The number of fused-ring (bicyclic) bond motifs is 1. The summed E-state index contributed by atoms with van der Waals surface area (Å²) in [6.45, 7) is 6.58. The van der Waals surface area contributed by atoms with Crippen LogP contribution in [0, 0.1) is 12.8 Å². The summed E-state index contributed by atoms with van der Waals surface area (Å²) in [5.74, 6) is 0.620. The summed E-state index contributed by atoms with van der Waals surface area (Å²) >= 11 is 3.59. The van der Waals surface area contributed by atoms with Gasteiger partial charge in [-0.2, -0.15) is 0 Å². The van der Waals surface area contributed by atoms with Gasteiger partial charge in [-0.15, -0.1) is 0 Å². The summed E-state index contributed by atoms with van der Waals surface area (Å²) < 4.78 is 1.21. The van der Waals surface area contributed by atoms with Crippen molar-refractivity contribution in [2.45, 2.75) is 33.2 Å². The fourth-order valence-corrected chi connectivity index (χ4v) is 2.29. The molecule has 1 aromatic rings. The fourth-order valence-electron chi connectivity index (χ4n) is 1.90. The van der Waals surface area contributed by atoms with Crippen molar-refractivity contribution in [3.05, 3.63) is 33.3 Å². The van der Waals surface area contributed by atoms with Crippen LogP contribution in [0.2, 0.25) is 0 Å². The van der Waals surface area contributed by atoms with Gasteiger partial charge >= 0.3 is 0 Å². The van der Waals surface area contributed by atoms with E-state index in [2.05, 4.69) is 53.8 Å². The second-order valence-electron chi connectivity index (χ2n) is 4.59. The molecule has 1 aromatic carbocycles. The molecule has 0 amide bonds. The maximum absolute atomic E-state index is 4.60. The van der Waals surface area contributed by atoms with E-state index in [0.717, 1.165) is 6.42 Å². The number of benzene rings is 1. The first-order chi connectivity index (χ1) is 7.08. The number of halogens is 1. The van der Waals surface area contributed by atoms with Crippen LogP contribution in [0.15, 0.2) is 21.6 Å². The zero-order valence-corrected chi connectivity index (χ0v) is 11.0. The highest BCUT2D eigenvalue weighted by molar-refractivity contribution is 9.10. The van der Waals surface area contributed by atoms with E-state index in [1.807, 2.05) is 6.21 Å². The quantitative estimate of drug-likeness (QED) is 0.734. The Bertz CT molecular complexity index is 407. The minimum atomic E-state index is 0.451. The minimum Gasteiger partial charge on any atom is -0.289 e. The predicted molar refractivity (Wildman–Crippen MR) is 68.8 cm³/mol. The number of aryl methyl sites for hydroxylation is 1. The number of hydrogen-bond acceptors (Lipinski definition) is 1. The molecule has 0 aliphatic carbocycles. The van der Waals surface area contributed by atoms with E-state index in [-0.39, 0.29) is 0 Å². The van der Waals surface area contributed by atoms with Crippen molar-refractivity contribution in [1.82, 2.24) is 0 Å². The molecule has 1 aliphatic rings. The third-order valence-electron chi connectivity index (χ3n) is 3.02. The van der Waals surface area contributed by atoms with E-state index in [1.165, 1.54) is 21.2 Å². The molecule has 1 aliphatic heterocycles. The summed E-state index contributed by atoms with van der Waals surface area (Å²) in [5.41, 5.74) is 3.98. The van der Waals surface area contributed by atoms with Crippen LogP contribution in [0.5, 0.6) is 0 Å². The molecular formula is C13H16BrN. The molecule has 0 radical (unpaired) electrons. The smallest absolute Gasteiger partial charge is 0.0563 e. The fraction of sp³-hybridized carbons (Fsp3) is 0.462. The molecule has 1 atom stereocenters. The Balaban J connectivity index is 2.37. The summed E-state index contributed by atoms with van der Waals surface area (Å²) in [7, 11) is 0. The van der Waals surface area contributed by atoms with Crippen molar-refractivity contribution in [2.75, 3.05) is 0 Å². The van der Waals surface area contributed by atoms with Crippen LogP contribution >= 0.6 is 15.9 Å². The SMILES string of the molecule is Cc1cc2c(cc1Br)CC(C(C)C)N=C2. The molecule has 1 nitrogen and oxygen atoms in total. The second-order valence-corrected chi connectivity index (χ2v) is 5.45. The first-order valence-electron chi connectivity index (χ1n) is 5.40. The lowest BCUT2D eigenvalue weighted by Crippen LogP contribution is -2.21. The van der Waals surface area contributed by atoms with E-state index in [4.69, 9.17) is 0 Å². The molecule has 1 unspecified atom stereocenters. The zero-order valence-electron chi connectivity index (χ0n) is 9.42. The van der Waals surface area contributed by atoms with Crippen LogP contribution in [0.25, 0.3) is 0 Å². The van der Waals surface area contributed by atoms with Crippen molar-refractivity contribution in [1.29, 1.82) is 0 Å². The van der Waals surface area contributed by atoms with E-state index in [9.17, 15) is 0 Å². The van der Waals surface area contributed by atoms with Crippen LogP contribution in [-0.4, -0.2) is 12.3 Å². The monoisotopic (exact) mass is 265 g/mol. The molecule has 0 aromatic heterocycles. The average molecular weight is 266 g/mol. The molecule has 2 rings (SSSR count). The van der Waals surface area contributed by atoms with E-state index < -0.39 is 0 Å². The summed E-state index contributed by atoms with van der Waals surface area (Å²) in [6, 6.07) is 4.90. The van der Waals surface area contributed by atoms with Crippen LogP contribution in [0.4, 0.5) is 0 Å². The molecule has 80 valence electrons. The number of aliphatic imine (C=N–C) groups is 1. The first kappa shape index (κ1) is 10.9. The van der Waals surface area contributed by atoms with E-state index >= 15 is 0 Å². The second kappa shape index (κ2) is 4.09. The van der Waals surface area contributed by atoms with Crippen molar-refractivity contribution in [2.24, 2.45) is 10.9 Å². The molecule has 0 spiro atoms. The Morgan fingerprint density at radius 1 is 1.40 bits per heavy atom. The Kier molecular flexibility index (Phi) is 2.96. The molecule has 0 fully saturated rings. The van der Waals surface area contributed by atoms with Gasteiger partial charge in [0.1, 0.15) is 0 Å². The average Bonchev–Trinajstić information content (AvgIpc) is 2.19. The Labute approximate surface area is 99.7 Å². The molecule has 15 heavy (non-hydrogen) atoms. The largest absolute Gasteiger partial charge is 0.289 e. The molecule has 0 saturated heterocycles. The Morgan fingerprint density at radius 2 is 2.13 bits per heavy atom. The highest BCUT2D eigenvalue weighted by atomic mass is 79.9. The standard InChI is InChI=1S/C13H16BrN/c1-8(2)13-6-10-5-12(14)9(3)4-11(10)7-15-13/h4-5,7-8,13H,6H2,1-3H3. The van der Waals surface area contributed by atoms with Gasteiger partial charge in [0.15, 0.2) is 0 Å². The van der Waals surface area contributed by atoms with Crippen molar-refractivity contribution >= 4 is 22.1 Å². The van der Waals surface area contributed by atoms with Gasteiger partial charge in [-0.25, -0.2) is 0 Å². The molecular weight excluding hydrogens is 250 g/mol. The molecule has 0 N–H and O–H groups in total. The van der Waals surface area contributed by atoms with Gasteiger partial charge in [-0.05, 0) is 48.1 Å². The maximum Gasteiger partial charge on any atom is 0.0563 e. The molecule has 2 heteroatoms. The van der Waals surface area contributed by atoms with Crippen LogP contribution in [-0.2, 0) is 6.42 Å². The van der Waals surface area contributed by atoms with E-state index in [0.29, 0.717) is 12.0 Å². The van der Waals surface area contributed by atoms with Gasteiger partial charge in [0.2, 0.25) is 0 Å². The van der Waals surface area contributed by atoms with Gasteiger partial charge in [0, 0.05) is 10.7 Å². The van der Waals surface area contributed by atoms with E-state index in [1.54, 1.807) is 0 Å². The summed E-state index contributed by atoms with van der Waals surface area (Å²) in [6.07, 6.45) is 3.10. The van der Waals surface area contributed by atoms with Crippen LogP contribution in [0.1, 0.15) is 30.5 Å². The lowest BCUT2D eigenvalue weighted by molar-refractivity contribution is 0.490. The normalized spacial score (nSPS) is 19.4. The lowest BCUT2D eigenvalue weighted by atomic mass is 9.91. The number of hydrogen-bond donors (Lipinski definition) is 0. The predicted octanol–water partition coefficient (Wildman–Crippen LogP) is 3.76. The number of rotatable bonds is 1. The summed E-state index contributed by atoms with van der Waals surface area (Å²) in [5, 5.41) is 0. The van der Waals surface area contributed by atoms with Crippen molar-refractivity contribution in [3.63, 3.8) is 0 Å². The third-order valence-corrected chi connectivity index (χ3v) is 3.88. The van der Waals surface area contributed by atoms with Gasteiger partial charge < -0.3 is 0 Å². The Morgan fingerprint density at radius 3 is 2.80 bits per heavy atom. The summed E-state index contributed by atoms with van der Waals surface area (Å²) in [4.78, 5) is 4.60. The first-order valence-corrected chi connectivity index (χ1v) is 6.19. The third kappa shape index (κ3) is 2.15. The highest BCUT2D eigenvalue weighted by Gasteiger charge is 2.18. The maximum atomic E-state index is 4.60. The van der Waals surface area contributed by atoms with Gasteiger partial charge in [-0.3, -0.25) is 4.99 Å². The van der Waals surface area contributed by atoms with Crippen molar-refractivity contribution < 1.29 is 0 Å². The highest BCUT2D eigenvalue weighted by Crippen LogP contribution is 2.26.